The topological polar surface area (TPSA) is 42.7 Å². The minimum Gasteiger partial charge on any atom is -0.380 e. The quantitative estimate of drug-likeness (QED) is 0.770. The molecule has 1 aromatic carbocycles. The fourth-order valence-electron chi connectivity index (χ4n) is 2.03. The largest absolute Gasteiger partial charge is 0.380 e. The maximum absolute atomic E-state index is 4.38. The van der Waals surface area contributed by atoms with Crippen molar-refractivity contribution < 1.29 is 0 Å². The van der Waals surface area contributed by atoms with Gasteiger partial charge in [0.15, 0.2) is 0 Å². The van der Waals surface area contributed by atoms with E-state index in [1.165, 1.54) is 5.56 Å². The number of aromatic nitrogens is 3. The van der Waals surface area contributed by atoms with E-state index in [2.05, 4.69) is 33.7 Å². The molecule has 0 aliphatic heterocycles. The Morgan fingerprint density at radius 1 is 0.950 bits per heavy atom. The van der Waals surface area contributed by atoms with Crippen molar-refractivity contribution in [3.05, 3.63) is 78.4 Å². The number of anilines is 1. The lowest BCUT2D eigenvalue weighted by Crippen LogP contribution is -2.00. The fraction of sp³-hybridized carbons (Fsp3) is 0.125. The van der Waals surface area contributed by atoms with Crippen LogP contribution in [0.15, 0.2) is 67.3 Å². The van der Waals surface area contributed by atoms with Gasteiger partial charge in [-0.1, -0.05) is 30.3 Å². The number of hydrogen-bond donors (Lipinski definition) is 1. The molecule has 0 aliphatic rings. The molecule has 0 unspecified atom stereocenters. The van der Waals surface area contributed by atoms with Crippen LogP contribution >= 0.6 is 0 Å². The molecule has 0 saturated carbocycles. The van der Waals surface area contributed by atoms with Crippen LogP contribution in [0.1, 0.15) is 11.1 Å². The van der Waals surface area contributed by atoms with Crippen molar-refractivity contribution in [2.75, 3.05) is 5.32 Å². The molecule has 0 fully saturated rings. The van der Waals surface area contributed by atoms with E-state index < -0.39 is 0 Å². The van der Waals surface area contributed by atoms with Crippen LogP contribution in [0.3, 0.4) is 0 Å². The van der Waals surface area contributed by atoms with E-state index in [9.17, 15) is 0 Å². The number of benzene rings is 1. The Labute approximate surface area is 118 Å². The lowest BCUT2D eigenvalue weighted by Gasteiger charge is -2.03. The Morgan fingerprint density at radius 2 is 1.85 bits per heavy atom. The molecule has 2 heterocycles. The summed E-state index contributed by atoms with van der Waals surface area (Å²) in [5.41, 5.74) is 3.43. The van der Waals surface area contributed by atoms with E-state index in [0.29, 0.717) is 0 Å². The molecule has 0 saturated heterocycles. The van der Waals surface area contributed by atoms with E-state index >= 15 is 0 Å². The summed E-state index contributed by atoms with van der Waals surface area (Å²) in [7, 11) is 0. The molecule has 0 aliphatic carbocycles. The minimum absolute atomic E-state index is 0.750. The lowest BCUT2D eigenvalue weighted by atomic mass is 10.2. The van der Waals surface area contributed by atoms with E-state index in [1.807, 2.05) is 47.4 Å². The Hall–Kier alpha value is -2.62. The first-order chi connectivity index (χ1) is 9.90. The molecule has 20 heavy (non-hydrogen) atoms. The Kier molecular flexibility index (Phi) is 3.73. The predicted octanol–water partition coefficient (Wildman–Crippen LogP) is 2.94. The zero-order valence-corrected chi connectivity index (χ0v) is 11.1. The van der Waals surface area contributed by atoms with Crippen molar-refractivity contribution in [2.45, 2.75) is 13.1 Å². The van der Waals surface area contributed by atoms with Gasteiger partial charge in [0.25, 0.3) is 0 Å². The summed E-state index contributed by atoms with van der Waals surface area (Å²) < 4.78 is 1.95. The number of pyridine rings is 1. The van der Waals surface area contributed by atoms with Crippen LogP contribution in [0.5, 0.6) is 0 Å². The average Bonchev–Trinajstić information content (AvgIpc) is 2.95. The maximum atomic E-state index is 4.38. The Bertz CT molecular complexity index is 647. The molecule has 4 heteroatoms. The normalized spacial score (nSPS) is 10.4. The summed E-state index contributed by atoms with van der Waals surface area (Å²) in [5.74, 6) is 0. The summed E-state index contributed by atoms with van der Waals surface area (Å²) in [5, 5.41) is 7.71. The van der Waals surface area contributed by atoms with Gasteiger partial charge in [0.2, 0.25) is 0 Å². The van der Waals surface area contributed by atoms with Crippen LogP contribution in [0.2, 0.25) is 0 Å². The highest BCUT2D eigenvalue weighted by atomic mass is 15.3. The molecule has 0 atom stereocenters. The van der Waals surface area contributed by atoms with Crippen LogP contribution in [0, 0.1) is 0 Å². The molecule has 0 amide bonds. The third-order valence-electron chi connectivity index (χ3n) is 3.03. The van der Waals surface area contributed by atoms with Gasteiger partial charge in [0, 0.05) is 30.7 Å². The Balaban J connectivity index is 1.60. The van der Waals surface area contributed by atoms with Gasteiger partial charge in [0.1, 0.15) is 0 Å². The van der Waals surface area contributed by atoms with E-state index in [4.69, 9.17) is 0 Å². The predicted molar refractivity (Wildman–Crippen MR) is 79.3 cm³/mol. The minimum atomic E-state index is 0.750. The lowest BCUT2D eigenvalue weighted by molar-refractivity contribution is 0.686. The van der Waals surface area contributed by atoms with Crippen molar-refractivity contribution in [1.82, 2.24) is 14.8 Å². The van der Waals surface area contributed by atoms with E-state index in [1.54, 1.807) is 6.20 Å². The Morgan fingerprint density at radius 3 is 2.65 bits per heavy atom. The summed E-state index contributed by atoms with van der Waals surface area (Å²) in [6.45, 7) is 1.55. The van der Waals surface area contributed by atoms with Gasteiger partial charge >= 0.3 is 0 Å². The third kappa shape index (κ3) is 3.23. The zero-order chi connectivity index (χ0) is 13.6. The number of rotatable bonds is 5. The fourth-order valence-corrected chi connectivity index (χ4v) is 2.03. The van der Waals surface area contributed by atoms with Gasteiger partial charge in [-0.05, 0) is 17.7 Å². The summed E-state index contributed by atoms with van der Waals surface area (Å²) >= 11 is 0. The van der Waals surface area contributed by atoms with Gasteiger partial charge < -0.3 is 5.32 Å². The highest BCUT2D eigenvalue weighted by Crippen LogP contribution is 2.07. The third-order valence-corrected chi connectivity index (χ3v) is 3.03. The van der Waals surface area contributed by atoms with Crippen LogP contribution in [0.25, 0.3) is 0 Å². The van der Waals surface area contributed by atoms with Crippen LogP contribution < -0.4 is 5.32 Å². The molecule has 0 bridgehead atoms. The molecule has 3 rings (SSSR count). The smallest absolute Gasteiger partial charge is 0.0659 e. The van der Waals surface area contributed by atoms with E-state index in [-0.39, 0.29) is 0 Å². The molecule has 2 aromatic heterocycles. The van der Waals surface area contributed by atoms with Crippen molar-refractivity contribution in [1.29, 1.82) is 0 Å². The molecule has 0 spiro atoms. The SMILES string of the molecule is c1ccc(Cn2cc(CNc3cccnc3)cn2)cc1. The standard InChI is InChI=1S/C16H16N4/c1-2-5-14(6-3-1)12-20-13-15(10-19-20)9-18-16-7-4-8-17-11-16/h1-8,10-11,13,18H,9,12H2. The zero-order valence-electron chi connectivity index (χ0n) is 11.1. The summed E-state index contributed by atoms with van der Waals surface area (Å²) in [4.78, 5) is 4.07. The highest BCUT2D eigenvalue weighted by molar-refractivity contribution is 5.40. The molecule has 4 nitrogen and oxygen atoms in total. The first-order valence-corrected chi connectivity index (χ1v) is 6.59. The monoisotopic (exact) mass is 264 g/mol. The number of nitrogens with one attached hydrogen (secondary N) is 1. The van der Waals surface area contributed by atoms with E-state index in [0.717, 1.165) is 24.3 Å². The first kappa shape index (κ1) is 12.4. The summed E-state index contributed by atoms with van der Waals surface area (Å²) in [6.07, 6.45) is 7.54. The second-order valence-electron chi connectivity index (χ2n) is 4.63. The second-order valence-corrected chi connectivity index (χ2v) is 4.63. The van der Waals surface area contributed by atoms with Gasteiger partial charge in [-0.2, -0.15) is 5.10 Å². The number of nitrogens with zero attached hydrogens (tertiary/aromatic N) is 3. The molecular weight excluding hydrogens is 248 g/mol. The van der Waals surface area contributed by atoms with Gasteiger partial charge in [0.05, 0.1) is 18.4 Å². The van der Waals surface area contributed by atoms with Crippen molar-refractivity contribution in [3.63, 3.8) is 0 Å². The van der Waals surface area contributed by atoms with Crippen LogP contribution in [-0.2, 0) is 13.1 Å². The van der Waals surface area contributed by atoms with Crippen LogP contribution in [0.4, 0.5) is 5.69 Å². The number of hydrogen-bond acceptors (Lipinski definition) is 3. The van der Waals surface area contributed by atoms with Gasteiger partial charge in [-0.25, -0.2) is 0 Å². The van der Waals surface area contributed by atoms with Crippen molar-refractivity contribution in [3.8, 4) is 0 Å². The molecule has 3 aromatic rings. The first-order valence-electron chi connectivity index (χ1n) is 6.59. The van der Waals surface area contributed by atoms with Crippen LogP contribution in [-0.4, -0.2) is 14.8 Å². The molecule has 0 radical (unpaired) electrons. The van der Waals surface area contributed by atoms with Gasteiger partial charge in [-0.15, -0.1) is 0 Å². The molecule has 1 N–H and O–H groups in total. The van der Waals surface area contributed by atoms with Crippen molar-refractivity contribution in [2.24, 2.45) is 0 Å². The second kappa shape index (κ2) is 6.02. The molecule has 100 valence electrons. The highest BCUT2D eigenvalue weighted by Gasteiger charge is 2.00. The summed E-state index contributed by atoms with van der Waals surface area (Å²) in [6, 6.07) is 14.2. The van der Waals surface area contributed by atoms with Crippen molar-refractivity contribution >= 4 is 5.69 Å². The molecular formula is C16H16N4. The average molecular weight is 264 g/mol. The van der Waals surface area contributed by atoms with Gasteiger partial charge in [-0.3, -0.25) is 9.67 Å². The maximum Gasteiger partial charge on any atom is 0.0659 e.